The Morgan fingerprint density at radius 2 is 1.64 bits per heavy atom. The monoisotopic (exact) mass is 504 g/mol. The number of nitrogens with zero attached hydrogens (tertiary/aromatic N) is 1. The van der Waals surface area contributed by atoms with Gasteiger partial charge in [-0.05, 0) is 47.4 Å². The fourth-order valence-corrected chi connectivity index (χ4v) is 3.17. The second-order valence-corrected chi connectivity index (χ2v) is 7.73. The number of benzene rings is 2. The van der Waals surface area contributed by atoms with Gasteiger partial charge in [-0.1, -0.05) is 47.5 Å². The molecular weight excluding hydrogens is 487 g/mol. The van der Waals surface area contributed by atoms with Crippen molar-refractivity contribution in [3.8, 4) is 11.1 Å². The zero-order valence-corrected chi connectivity index (χ0v) is 18.5. The molecule has 3 rings (SSSR count). The second-order valence-electron chi connectivity index (χ2n) is 6.91. The predicted molar refractivity (Wildman–Crippen MR) is 116 cm³/mol. The lowest BCUT2D eigenvalue weighted by atomic mass is 9.93. The molecule has 1 aromatic heterocycles. The van der Waals surface area contributed by atoms with Gasteiger partial charge >= 0.3 is 12.1 Å². The van der Waals surface area contributed by atoms with Gasteiger partial charge in [-0.15, -0.1) is 0 Å². The molecule has 0 unspecified atom stereocenters. The van der Waals surface area contributed by atoms with Crippen molar-refractivity contribution < 1.29 is 32.6 Å². The standard InChI is InChI=1S/C20H17Cl2FN2O.C2HF3O2/c1-11-6-13(2-4-16(11)14-7-15(23)10-25-9-14)20(26)19(24)12-3-5-17(21)18(22)8-12;3-2(4,5)1(6)7/h2-10,19-20,26H,24H2,1H3;(H,6,7)/t19-,20+;/m0./s1. The van der Waals surface area contributed by atoms with Gasteiger partial charge in [0.2, 0.25) is 0 Å². The summed E-state index contributed by atoms with van der Waals surface area (Å²) in [7, 11) is 0. The molecule has 3 aromatic rings. The summed E-state index contributed by atoms with van der Waals surface area (Å²) in [4.78, 5) is 12.8. The van der Waals surface area contributed by atoms with E-state index in [2.05, 4.69) is 4.98 Å². The van der Waals surface area contributed by atoms with Crippen molar-refractivity contribution in [3.63, 3.8) is 0 Å². The van der Waals surface area contributed by atoms with Gasteiger partial charge in [-0.3, -0.25) is 4.98 Å². The zero-order chi connectivity index (χ0) is 24.9. The molecule has 0 aliphatic heterocycles. The average Bonchev–Trinajstić information content (AvgIpc) is 2.74. The number of nitrogens with two attached hydrogens (primary N) is 1. The lowest BCUT2D eigenvalue weighted by molar-refractivity contribution is -0.192. The molecule has 2 aromatic carbocycles. The maximum absolute atomic E-state index is 13.4. The van der Waals surface area contributed by atoms with Gasteiger partial charge in [0.15, 0.2) is 0 Å². The van der Waals surface area contributed by atoms with E-state index in [4.69, 9.17) is 38.8 Å². The number of hydrogen-bond acceptors (Lipinski definition) is 4. The Morgan fingerprint density at radius 1 is 1.03 bits per heavy atom. The van der Waals surface area contributed by atoms with Crippen molar-refractivity contribution in [1.82, 2.24) is 4.98 Å². The van der Waals surface area contributed by atoms with Crippen LogP contribution in [0.25, 0.3) is 11.1 Å². The molecule has 0 bridgehead atoms. The Balaban J connectivity index is 0.000000479. The van der Waals surface area contributed by atoms with Crippen LogP contribution in [0.4, 0.5) is 17.6 Å². The third-order valence-electron chi connectivity index (χ3n) is 4.52. The van der Waals surface area contributed by atoms with Crippen LogP contribution in [0.15, 0.2) is 54.9 Å². The summed E-state index contributed by atoms with van der Waals surface area (Å²) in [6, 6.07) is 11.2. The number of rotatable bonds is 4. The van der Waals surface area contributed by atoms with Gasteiger partial charge in [-0.2, -0.15) is 13.2 Å². The molecule has 1 heterocycles. The van der Waals surface area contributed by atoms with Crippen LogP contribution in [0.2, 0.25) is 10.0 Å². The maximum Gasteiger partial charge on any atom is 0.490 e. The summed E-state index contributed by atoms with van der Waals surface area (Å²) in [6.45, 7) is 1.89. The summed E-state index contributed by atoms with van der Waals surface area (Å²) >= 11 is 12.0. The van der Waals surface area contributed by atoms with Crippen LogP contribution in [0, 0.1) is 12.7 Å². The van der Waals surface area contributed by atoms with E-state index in [1.807, 2.05) is 19.1 Å². The Morgan fingerprint density at radius 3 is 2.15 bits per heavy atom. The predicted octanol–water partition coefficient (Wildman–Crippen LogP) is 5.87. The molecule has 0 spiro atoms. The lowest BCUT2D eigenvalue weighted by Gasteiger charge is -2.21. The topological polar surface area (TPSA) is 96.4 Å². The Labute approximate surface area is 196 Å². The molecule has 11 heteroatoms. The van der Waals surface area contributed by atoms with E-state index in [1.54, 1.807) is 30.5 Å². The first-order chi connectivity index (χ1) is 15.3. The third kappa shape index (κ3) is 7.13. The molecule has 5 nitrogen and oxygen atoms in total. The molecule has 2 atom stereocenters. The minimum absolute atomic E-state index is 0.386. The smallest absolute Gasteiger partial charge is 0.475 e. The van der Waals surface area contributed by atoms with Crippen molar-refractivity contribution in [2.45, 2.75) is 25.2 Å². The molecule has 0 aliphatic carbocycles. The van der Waals surface area contributed by atoms with Gasteiger partial charge in [0, 0.05) is 11.8 Å². The van der Waals surface area contributed by atoms with Gasteiger partial charge < -0.3 is 15.9 Å². The Hall–Kier alpha value is -2.72. The molecule has 176 valence electrons. The summed E-state index contributed by atoms with van der Waals surface area (Å²) in [5.41, 5.74) is 9.95. The molecule has 0 saturated heterocycles. The van der Waals surface area contributed by atoms with Crippen molar-refractivity contribution in [1.29, 1.82) is 0 Å². The van der Waals surface area contributed by atoms with Crippen LogP contribution < -0.4 is 5.73 Å². The second kappa shape index (κ2) is 10.9. The van der Waals surface area contributed by atoms with Crippen molar-refractivity contribution in [2.75, 3.05) is 0 Å². The van der Waals surface area contributed by atoms with Crippen molar-refractivity contribution >= 4 is 29.2 Å². The highest BCUT2D eigenvalue weighted by atomic mass is 35.5. The highest BCUT2D eigenvalue weighted by Crippen LogP contribution is 2.33. The number of pyridine rings is 1. The quantitative estimate of drug-likeness (QED) is 0.386. The summed E-state index contributed by atoms with van der Waals surface area (Å²) in [6.07, 6.45) is -3.25. The van der Waals surface area contributed by atoms with Crippen LogP contribution in [0.3, 0.4) is 0 Å². The molecule has 0 aliphatic rings. The van der Waals surface area contributed by atoms with E-state index in [1.165, 1.54) is 6.07 Å². The Kier molecular flexibility index (Phi) is 8.79. The Bertz CT molecular complexity index is 1140. The minimum atomic E-state index is -5.08. The minimum Gasteiger partial charge on any atom is -0.475 e. The van der Waals surface area contributed by atoms with E-state index < -0.39 is 30.1 Å². The number of hydrogen-bond donors (Lipinski definition) is 3. The number of carboxylic acids is 1. The van der Waals surface area contributed by atoms with Crippen molar-refractivity contribution in [2.24, 2.45) is 5.73 Å². The first-order valence-corrected chi connectivity index (χ1v) is 9.97. The van der Waals surface area contributed by atoms with E-state index in [0.29, 0.717) is 26.7 Å². The maximum atomic E-state index is 13.4. The van der Waals surface area contributed by atoms with Crippen LogP contribution in [0.1, 0.15) is 28.8 Å². The number of carbonyl (C=O) groups is 1. The number of aryl methyl sites for hydroxylation is 1. The van der Waals surface area contributed by atoms with E-state index >= 15 is 0 Å². The van der Waals surface area contributed by atoms with Crippen molar-refractivity contribution in [3.05, 3.63) is 87.4 Å². The highest BCUT2D eigenvalue weighted by molar-refractivity contribution is 6.42. The van der Waals surface area contributed by atoms with E-state index in [0.717, 1.165) is 17.3 Å². The van der Waals surface area contributed by atoms with Gasteiger partial charge in [-0.25, -0.2) is 9.18 Å². The molecule has 0 amide bonds. The SMILES string of the molecule is Cc1cc([C@@H](O)[C@@H](N)c2ccc(Cl)c(Cl)c2)ccc1-c1cncc(F)c1.O=C(O)C(F)(F)F. The summed E-state index contributed by atoms with van der Waals surface area (Å²) in [5, 5.41) is 18.6. The number of halogens is 6. The first-order valence-electron chi connectivity index (χ1n) is 9.21. The van der Waals surface area contributed by atoms with Crippen LogP contribution in [-0.4, -0.2) is 27.3 Å². The van der Waals surface area contributed by atoms with Gasteiger partial charge in [0.1, 0.15) is 5.82 Å². The first kappa shape index (κ1) is 26.5. The fourth-order valence-electron chi connectivity index (χ4n) is 2.86. The van der Waals surface area contributed by atoms with E-state index in [-0.39, 0.29) is 0 Å². The van der Waals surface area contributed by atoms with Gasteiger partial charge in [0.05, 0.1) is 28.4 Å². The number of carboxylic acid groups (broad SMARTS) is 1. The number of alkyl halides is 3. The number of aromatic nitrogens is 1. The zero-order valence-electron chi connectivity index (χ0n) is 16.9. The molecule has 4 N–H and O–H groups in total. The molecule has 0 saturated carbocycles. The molecular formula is C22H18Cl2F4N2O3. The summed E-state index contributed by atoms with van der Waals surface area (Å²) < 4.78 is 45.1. The summed E-state index contributed by atoms with van der Waals surface area (Å²) in [5.74, 6) is -3.15. The van der Waals surface area contributed by atoms with E-state index in [9.17, 15) is 22.7 Å². The molecule has 33 heavy (non-hydrogen) atoms. The highest BCUT2D eigenvalue weighted by Gasteiger charge is 2.38. The third-order valence-corrected chi connectivity index (χ3v) is 5.26. The average molecular weight is 505 g/mol. The lowest BCUT2D eigenvalue weighted by Crippen LogP contribution is -2.21. The fraction of sp³-hybridized carbons (Fsp3) is 0.182. The largest absolute Gasteiger partial charge is 0.490 e. The van der Waals surface area contributed by atoms with Crippen LogP contribution in [0.5, 0.6) is 0 Å². The van der Waals surface area contributed by atoms with Gasteiger partial charge in [0.25, 0.3) is 0 Å². The normalized spacial score (nSPS) is 13.0. The van der Waals surface area contributed by atoms with Crippen LogP contribution >= 0.6 is 23.2 Å². The number of aliphatic hydroxyl groups excluding tert-OH is 1. The number of aliphatic hydroxyl groups is 1. The molecule has 0 fully saturated rings. The van der Waals surface area contributed by atoms with Crippen LogP contribution in [-0.2, 0) is 4.79 Å². The number of aliphatic carboxylic acids is 1. The molecule has 0 radical (unpaired) electrons.